The zero-order valence-electron chi connectivity index (χ0n) is 16.6. The summed E-state index contributed by atoms with van der Waals surface area (Å²) in [5, 5.41) is 0.881. The van der Waals surface area contributed by atoms with Crippen molar-refractivity contribution in [2.75, 3.05) is 25.4 Å². The number of imidazole rings is 1. The minimum Gasteiger partial charge on any atom is -0.493 e. The first-order valence-electron chi connectivity index (χ1n) is 10.3. The Hall–Kier alpha value is -2.47. The van der Waals surface area contributed by atoms with Crippen LogP contribution in [0.5, 0.6) is 5.75 Å². The van der Waals surface area contributed by atoms with Crippen LogP contribution in [0.1, 0.15) is 25.7 Å². The van der Waals surface area contributed by atoms with E-state index < -0.39 is 0 Å². The van der Waals surface area contributed by atoms with Gasteiger partial charge in [-0.25, -0.2) is 4.98 Å². The zero-order chi connectivity index (χ0) is 19.9. The fraction of sp³-hybridized carbons (Fsp3) is 0.391. The molecule has 1 saturated heterocycles. The molecular formula is C23H27N3O2S. The Kier molecular flexibility index (Phi) is 6.72. The number of nitrogens with zero attached hydrogens (tertiary/aromatic N) is 3. The summed E-state index contributed by atoms with van der Waals surface area (Å²) in [7, 11) is 0. The van der Waals surface area contributed by atoms with E-state index in [4.69, 9.17) is 9.72 Å². The van der Waals surface area contributed by atoms with Crippen LogP contribution in [0, 0.1) is 0 Å². The summed E-state index contributed by atoms with van der Waals surface area (Å²) in [5.74, 6) is 1.84. The minimum atomic E-state index is 0.192. The topological polar surface area (TPSA) is 47.4 Å². The third kappa shape index (κ3) is 5.12. The molecule has 0 saturated carbocycles. The number of thioether (sulfide) groups is 1. The van der Waals surface area contributed by atoms with Gasteiger partial charge in [-0.2, -0.15) is 0 Å². The molecule has 0 spiro atoms. The van der Waals surface area contributed by atoms with Gasteiger partial charge < -0.3 is 14.2 Å². The van der Waals surface area contributed by atoms with Gasteiger partial charge in [0.05, 0.1) is 17.6 Å². The van der Waals surface area contributed by atoms with E-state index in [2.05, 4.69) is 4.57 Å². The summed E-state index contributed by atoms with van der Waals surface area (Å²) in [6.07, 6.45) is 4.66. The summed E-state index contributed by atoms with van der Waals surface area (Å²) in [6, 6.07) is 17.9. The Morgan fingerprint density at radius 3 is 2.48 bits per heavy atom. The minimum absolute atomic E-state index is 0.192. The van der Waals surface area contributed by atoms with E-state index in [0.29, 0.717) is 13.2 Å². The molecule has 0 radical (unpaired) electrons. The maximum Gasteiger partial charge on any atom is 0.242 e. The summed E-state index contributed by atoms with van der Waals surface area (Å²) in [4.78, 5) is 19.8. The normalized spacial score (nSPS) is 14.7. The van der Waals surface area contributed by atoms with E-state index in [9.17, 15) is 4.79 Å². The Morgan fingerprint density at radius 2 is 1.69 bits per heavy atom. The van der Waals surface area contributed by atoms with Gasteiger partial charge in [-0.1, -0.05) is 54.9 Å². The van der Waals surface area contributed by atoms with E-state index in [1.165, 1.54) is 12.8 Å². The number of hydrogen-bond acceptors (Lipinski definition) is 4. The second kappa shape index (κ2) is 9.83. The first-order valence-corrected chi connectivity index (χ1v) is 11.3. The lowest BCUT2D eigenvalue weighted by atomic mass is 10.2. The third-order valence-corrected chi connectivity index (χ3v) is 6.14. The number of carbonyl (C=O) groups is 1. The van der Waals surface area contributed by atoms with E-state index >= 15 is 0 Å². The largest absolute Gasteiger partial charge is 0.493 e. The Bertz CT molecular complexity index is 934. The molecule has 6 heteroatoms. The SMILES string of the molecule is O=C(Cn1c(SCCOc2ccccc2)nc2ccccc21)N1CCCCCC1. The quantitative estimate of drug-likeness (QED) is 0.422. The Morgan fingerprint density at radius 1 is 0.966 bits per heavy atom. The van der Waals surface area contributed by atoms with E-state index in [1.807, 2.05) is 59.5 Å². The standard InChI is InChI=1S/C23H27N3O2S/c27-22(25-14-8-1-2-9-15-25)18-26-21-13-7-6-12-20(21)24-23(26)29-17-16-28-19-10-4-3-5-11-19/h3-7,10-13H,1-2,8-9,14-18H2. The van der Waals surface area contributed by atoms with Crippen LogP contribution in [0.2, 0.25) is 0 Å². The van der Waals surface area contributed by atoms with Crippen LogP contribution < -0.4 is 4.74 Å². The fourth-order valence-electron chi connectivity index (χ4n) is 3.68. The number of hydrogen-bond donors (Lipinski definition) is 0. The number of rotatable bonds is 7. The van der Waals surface area contributed by atoms with Crippen molar-refractivity contribution in [2.24, 2.45) is 0 Å². The molecule has 5 nitrogen and oxygen atoms in total. The Balaban J connectivity index is 1.44. The van der Waals surface area contributed by atoms with Crippen molar-refractivity contribution >= 4 is 28.7 Å². The molecule has 0 unspecified atom stereocenters. The molecule has 1 aliphatic heterocycles. The van der Waals surface area contributed by atoms with Crippen LogP contribution in [0.3, 0.4) is 0 Å². The molecule has 2 aromatic carbocycles. The van der Waals surface area contributed by atoms with Crippen LogP contribution in [-0.2, 0) is 11.3 Å². The van der Waals surface area contributed by atoms with Gasteiger partial charge in [0, 0.05) is 18.8 Å². The second-order valence-corrected chi connectivity index (χ2v) is 8.34. The van der Waals surface area contributed by atoms with Crippen molar-refractivity contribution in [1.29, 1.82) is 0 Å². The van der Waals surface area contributed by atoms with Gasteiger partial charge >= 0.3 is 0 Å². The van der Waals surface area contributed by atoms with Crippen LogP contribution >= 0.6 is 11.8 Å². The number of amides is 1. The lowest BCUT2D eigenvalue weighted by Crippen LogP contribution is -2.34. The summed E-state index contributed by atoms with van der Waals surface area (Å²) < 4.78 is 7.86. The van der Waals surface area contributed by atoms with Gasteiger partial charge in [0.15, 0.2) is 5.16 Å². The number of ether oxygens (including phenoxy) is 1. The number of fused-ring (bicyclic) bond motifs is 1. The van der Waals surface area contributed by atoms with E-state index in [0.717, 1.165) is 53.6 Å². The van der Waals surface area contributed by atoms with Crippen LogP contribution in [0.25, 0.3) is 11.0 Å². The van der Waals surface area contributed by atoms with Crippen LogP contribution in [0.4, 0.5) is 0 Å². The highest BCUT2D eigenvalue weighted by Gasteiger charge is 2.19. The summed E-state index contributed by atoms with van der Waals surface area (Å²) in [6.45, 7) is 2.69. The average molecular weight is 410 g/mol. The molecule has 4 rings (SSSR count). The molecule has 152 valence electrons. The molecule has 1 fully saturated rings. The second-order valence-electron chi connectivity index (χ2n) is 7.27. The van der Waals surface area contributed by atoms with Crippen LogP contribution in [0.15, 0.2) is 59.8 Å². The van der Waals surface area contributed by atoms with Gasteiger partial charge in [0.25, 0.3) is 0 Å². The number of para-hydroxylation sites is 3. The van der Waals surface area contributed by atoms with E-state index in [1.54, 1.807) is 11.8 Å². The lowest BCUT2D eigenvalue weighted by molar-refractivity contribution is -0.131. The smallest absolute Gasteiger partial charge is 0.242 e. The molecule has 1 aliphatic rings. The maximum atomic E-state index is 13.0. The first-order chi connectivity index (χ1) is 14.3. The average Bonchev–Trinajstić information content (AvgIpc) is 2.92. The molecule has 0 bridgehead atoms. The number of carbonyl (C=O) groups excluding carboxylic acids is 1. The lowest BCUT2D eigenvalue weighted by Gasteiger charge is -2.21. The number of aromatic nitrogens is 2. The van der Waals surface area contributed by atoms with Gasteiger partial charge in [0.2, 0.25) is 5.91 Å². The molecule has 0 atom stereocenters. The molecule has 3 aromatic rings. The predicted octanol–water partition coefficient (Wildman–Crippen LogP) is 4.61. The monoisotopic (exact) mass is 409 g/mol. The van der Waals surface area contributed by atoms with Gasteiger partial charge in [-0.3, -0.25) is 4.79 Å². The predicted molar refractivity (Wildman–Crippen MR) is 117 cm³/mol. The number of likely N-dealkylation sites (tertiary alicyclic amines) is 1. The van der Waals surface area contributed by atoms with Gasteiger partial charge in [-0.15, -0.1) is 0 Å². The zero-order valence-corrected chi connectivity index (χ0v) is 17.4. The highest BCUT2D eigenvalue weighted by atomic mass is 32.2. The molecule has 0 aliphatic carbocycles. The van der Waals surface area contributed by atoms with Crippen molar-refractivity contribution in [3.63, 3.8) is 0 Å². The van der Waals surface area contributed by atoms with Gasteiger partial charge in [0.1, 0.15) is 12.3 Å². The first kappa shape index (κ1) is 19.8. The van der Waals surface area contributed by atoms with Crippen molar-refractivity contribution in [2.45, 2.75) is 37.4 Å². The molecule has 2 heterocycles. The highest BCUT2D eigenvalue weighted by Crippen LogP contribution is 2.25. The number of benzene rings is 2. The fourth-order valence-corrected chi connectivity index (χ4v) is 4.51. The summed E-state index contributed by atoms with van der Waals surface area (Å²) in [5.41, 5.74) is 1.95. The Labute approximate surface area is 176 Å². The van der Waals surface area contributed by atoms with Crippen LogP contribution in [-0.4, -0.2) is 45.8 Å². The van der Waals surface area contributed by atoms with E-state index in [-0.39, 0.29) is 5.91 Å². The highest BCUT2D eigenvalue weighted by molar-refractivity contribution is 7.99. The summed E-state index contributed by atoms with van der Waals surface area (Å²) >= 11 is 1.64. The molecule has 29 heavy (non-hydrogen) atoms. The molecule has 1 aromatic heterocycles. The van der Waals surface area contributed by atoms with Gasteiger partial charge in [-0.05, 0) is 37.1 Å². The molecular weight excluding hydrogens is 382 g/mol. The molecule has 1 amide bonds. The van der Waals surface area contributed by atoms with Crippen molar-refractivity contribution in [1.82, 2.24) is 14.5 Å². The van der Waals surface area contributed by atoms with Crippen molar-refractivity contribution in [3.05, 3.63) is 54.6 Å². The van der Waals surface area contributed by atoms with Crippen molar-refractivity contribution < 1.29 is 9.53 Å². The third-order valence-electron chi connectivity index (χ3n) is 5.20. The molecule has 0 N–H and O–H groups in total. The maximum absolute atomic E-state index is 13.0. The van der Waals surface area contributed by atoms with Crippen molar-refractivity contribution in [3.8, 4) is 5.75 Å².